The Labute approximate surface area is 194 Å². The number of benzene rings is 3. The molecule has 0 fully saturated rings. The van der Waals surface area contributed by atoms with E-state index in [-0.39, 0.29) is 30.9 Å². The molecule has 0 aliphatic heterocycles. The second kappa shape index (κ2) is 9.59. The largest absolute Gasteiger partial charge is 0.480 e. The summed E-state index contributed by atoms with van der Waals surface area (Å²) in [5.41, 5.74) is 3.28. The van der Waals surface area contributed by atoms with E-state index in [2.05, 4.69) is 5.32 Å². The van der Waals surface area contributed by atoms with Gasteiger partial charge in [0.2, 0.25) is 0 Å². The number of rotatable bonds is 7. The summed E-state index contributed by atoms with van der Waals surface area (Å²) in [6, 6.07) is 19.2. The number of alkyl carbamates (subject to hydrolysis) is 1. The molecule has 0 radical (unpaired) electrons. The summed E-state index contributed by atoms with van der Waals surface area (Å²) >= 11 is 0. The molecule has 0 aromatic heterocycles. The number of aliphatic carboxylic acids is 1. The van der Waals surface area contributed by atoms with Crippen LogP contribution >= 0.6 is 0 Å². The van der Waals surface area contributed by atoms with Crippen molar-refractivity contribution in [1.29, 1.82) is 0 Å². The van der Waals surface area contributed by atoms with Gasteiger partial charge in [0.15, 0.2) is 0 Å². The fraction of sp³-hybridized carbons (Fsp3) is 0.231. The van der Waals surface area contributed by atoms with Crippen molar-refractivity contribution in [2.45, 2.75) is 31.0 Å². The van der Waals surface area contributed by atoms with Crippen molar-refractivity contribution < 1.29 is 32.6 Å². The number of carboxylic acid groups (broad SMARTS) is 1. The fourth-order valence-corrected chi connectivity index (χ4v) is 4.35. The minimum Gasteiger partial charge on any atom is -0.480 e. The van der Waals surface area contributed by atoms with E-state index in [9.17, 15) is 27.9 Å². The number of alkyl halides is 3. The highest BCUT2D eigenvalue weighted by Crippen LogP contribution is 2.44. The lowest BCUT2D eigenvalue weighted by Crippen LogP contribution is -2.41. The predicted octanol–water partition coefficient (Wildman–Crippen LogP) is 5.63. The first-order valence-electron chi connectivity index (χ1n) is 10.7. The van der Waals surface area contributed by atoms with Crippen molar-refractivity contribution in [3.63, 3.8) is 0 Å². The maximum atomic E-state index is 13.2. The van der Waals surface area contributed by atoms with Gasteiger partial charge >= 0.3 is 18.2 Å². The normalized spacial score (nSPS) is 13.6. The van der Waals surface area contributed by atoms with Crippen molar-refractivity contribution in [3.8, 4) is 11.1 Å². The van der Waals surface area contributed by atoms with Gasteiger partial charge in [-0.25, -0.2) is 9.59 Å². The van der Waals surface area contributed by atoms with E-state index < -0.39 is 29.8 Å². The first-order valence-corrected chi connectivity index (χ1v) is 10.7. The van der Waals surface area contributed by atoms with Crippen molar-refractivity contribution in [1.82, 2.24) is 5.32 Å². The summed E-state index contributed by atoms with van der Waals surface area (Å²) in [5.74, 6) is -1.54. The maximum absolute atomic E-state index is 13.2. The van der Waals surface area contributed by atoms with Crippen LogP contribution in [0.2, 0.25) is 0 Å². The number of ether oxygens (including phenoxy) is 1. The molecule has 1 amide bonds. The quantitative estimate of drug-likeness (QED) is 0.470. The molecule has 2 N–H and O–H groups in total. The molecule has 4 rings (SSSR count). The Morgan fingerprint density at radius 3 is 2.06 bits per heavy atom. The van der Waals surface area contributed by atoms with Crippen LogP contribution in [-0.4, -0.2) is 29.8 Å². The molecular formula is C26H22F3NO4. The second-order valence-electron chi connectivity index (χ2n) is 8.05. The first kappa shape index (κ1) is 23.4. The smallest absolute Gasteiger partial charge is 0.416 e. The van der Waals surface area contributed by atoms with Gasteiger partial charge in [0.1, 0.15) is 12.6 Å². The van der Waals surface area contributed by atoms with Gasteiger partial charge < -0.3 is 15.2 Å². The highest BCUT2D eigenvalue weighted by atomic mass is 19.4. The minimum absolute atomic E-state index is 0.00308. The third-order valence-electron chi connectivity index (χ3n) is 5.96. The molecule has 1 aliphatic carbocycles. The number of aryl methyl sites for hydroxylation is 1. The molecule has 0 spiro atoms. The van der Waals surface area contributed by atoms with Crippen LogP contribution in [0.3, 0.4) is 0 Å². The molecule has 3 aromatic rings. The number of halogens is 3. The van der Waals surface area contributed by atoms with Crippen LogP contribution in [-0.2, 0) is 22.1 Å². The van der Waals surface area contributed by atoms with E-state index in [4.69, 9.17) is 4.74 Å². The van der Waals surface area contributed by atoms with E-state index in [1.165, 1.54) is 18.2 Å². The lowest BCUT2D eigenvalue weighted by atomic mass is 9.98. The summed E-state index contributed by atoms with van der Waals surface area (Å²) in [5, 5.41) is 11.8. The van der Waals surface area contributed by atoms with E-state index >= 15 is 0 Å². The Hall–Kier alpha value is -3.81. The van der Waals surface area contributed by atoms with Crippen LogP contribution in [0.5, 0.6) is 0 Å². The molecule has 0 bridgehead atoms. The van der Waals surface area contributed by atoms with Crippen molar-refractivity contribution in [3.05, 3.63) is 95.1 Å². The summed E-state index contributed by atoms with van der Waals surface area (Å²) < 4.78 is 44.9. The van der Waals surface area contributed by atoms with Gasteiger partial charge in [-0.15, -0.1) is 0 Å². The standard InChI is InChI=1S/C26H22F3NO4/c27-26(28,29)22-12-6-1-7-16(22)13-14-23(24(31)32)30-25(33)34-15-21-19-10-4-2-8-17(19)18-9-3-5-11-20(18)21/h1-12,21,23H,13-15H2,(H,30,33)(H,31,32)/t23-/m1/s1. The summed E-state index contributed by atoms with van der Waals surface area (Å²) in [4.78, 5) is 24.0. The summed E-state index contributed by atoms with van der Waals surface area (Å²) in [6.45, 7) is 0.00308. The molecule has 0 saturated carbocycles. The molecule has 0 heterocycles. The molecule has 3 aromatic carbocycles. The Morgan fingerprint density at radius 2 is 1.47 bits per heavy atom. The third-order valence-corrected chi connectivity index (χ3v) is 5.96. The molecule has 8 heteroatoms. The van der Waals surface area contributed by atoms with Crippen LogP contribution in [0.15, 0.2) is 72.8 Å². The van der Waals surface area contributed by atoms with Crippen LogP contribution in [0.1, 0.15) is 34.6 Å². The SMILES string of the molecule is O=C(N[C@H](CCc1ccccc1C(F)(F)F)C(=O)O)OCC1c2ccccc2-c2ccccc21. The van der Waals surface area contributed by atoms with Crippen LogP contribution in [0.4, 0.5) is 18.0 Å². The number of amides is 1. The zero-order chi connectivity index (χ0) is 24.3. The van der Waals surface area contributed by atoms with Gasteiger partial charge in [0.25, 0.3) is 0 Å². The van der Waals surface area contributed by atoms with Crippen LogP contribution in [0.25, 0.3) is 11.1 Å². The number of carbonyl (C=O) groups is 2. The van der Waals surface area contributed by atoms with Crippen molar-refractivity contribution in [2.75, 3.05) is 6.61 Å². The molecule has 5 nitrogen and oxygen atoms in total. The number of hydrogen-bond donors (Lipinski definition) is 2. The molecule has 176 valence electrons. The Balaban J connectivity index is 1.40. The van der Waals surface area contributed by atoms with Crippen LogP contribution < -0.4 is 5.32 Å². The number of nitrogens with one attached hydrogen (secondary N) is 1. The Morgan fingerprint density at radius 1 is 0.912 bits per heavy atom. The highest BCUT2D eigenvalue weighted by molar-refractivity contribution is 5.81. The van der Waals surface area contributed by atoms with E-state index in [0.717, 1.165) is 28.3 Å². The second-order valence-corrected chi connectivity index (χ2v) is 8.05. The van der Waals surface area contributed by atoms with Crippen LogP contribution in [0, 0.1) is 0 Å². The van der Waals surface area contributed by atoms with Gasteiger partial charge in [-0.2, -0.15) is 13.2 Å². The fourth-order valence-electron chi connectivity index (χ4n) is 4.35. The number of carbonyl (C=O) groups excluding carboxylic acids is 1. The van der Waals surface area contributed by atoms with Gasteiger partial charge in [-0.1, -0.05) is 66.7 Å². The van der Waals surface area contributed by atoms with E-state index in [1.54, 1.807) is 0 Å². The molecule has 1 atom stereocenters. The predicted molar refractivity (Wildman–Crippen MR) is 119 cm³/mol. The summed E-state index contributed by atoms with van der Waals surface area (Å²) in [6.07, 6.45) is -5.86. The first-order chi connectivity index (χ1) is 16.3. The highest BCUT2D eigenvalue weighted by Gasteiger charge is 2.33. The topological polar surface area (TPSA) is 75.6 Å². The number of carboxylic acids is 1. The Bertz CT molecular complexity index is 1160. The average Bonchev–Trinajstić information content (AvgIpc) is 3.13. The molecule has 34 heavy (non-hydrogen) atoms. The van der Waals surface area contributed by atoms with Gasteiger partial charge in [0.05, 0.1) is 5.56 Å². The minimum atomic E-state index is -4.55. The third kappa shape index (κ3) is 4.90. The average molecular weight is 469 g/mol. The molecule has 0 saturated heterocycles. The van der Waals surface area contributed by atoms with E-state index in [1.807, 2.05) is 48.5 Å². The van der Waals surface area contributed by atoms with Crippen molar-refractivity contribution in [2.24, 2.45) is 0 Å². The Kier molecular flexibility index (Phi) is 6.58. The van der Waals surface area contributed by atoms with Gasteiger partial charge in [-0.3, -0.25) is 0 Å². The lowest BCUT2D eigenvalue weighted by Gasteiger charge is -2.18. The van der Waals surface area contributed by atoms with Gasteiger partial charge in [0, 0.05) is 5.92 Å². The molecule has 0 unspecified atom stereocenters. The number of fused-ring (bicyclic) bond motifs is 3. The van der Waals surface area contributed by atoms with E-state index in [0.29, 0.717) is 0 Å². The monoisotopic (exact) mass is 469 g/mol. The lowest BCUT2D eigenvalue weighted by molar-refractivity contribution is -0.139. The molecule has 1 aliphatic rings. The molecular weight excluding hydrogens is 447 g/mol. The maximum Gasteiger partial charge on any atom is 0.416 e. The number of hydrogen-bond acceptors (Lipinski definition) is 3. The summed E-state index contributed by atoms with van der Waals surface area (Å²) in [7, 11) is 0. The zero-order valence-electron chi connectivity index (χ0n) is 18.0. The zero-order valence-corrected chi connectivity index (χ0v) is 18.0. The van der Waals surface area contributed by atoms with Gasteiger partial charge in [-0.05, 0) is 46.7 Å². The van der Waals surface area contributed by atoms with Crippen molar-refractivity contribution >= 4 is 12.1 Å².